The second kappa shape index (κ2) is 10.8. The van der Waals surface area contributed by atoms with Crippen molar-refractivity contribution in [2.75, 3.05) is 18.5 Å². The number of hydrogen-bond acceptors (Lipinski definition) is 5. The Balaban J connectivity index is 1.57. The molecule has 3 amide bonds. The smallest absolute Gasteiger partial charge is 0.294 e. The molecule has 3 aromatic carbocycles. The zero-order valence-electron chi connectivity index (χ0n) is 20.1. The molecule has 1 saturated heterocycles. The summed E-state index contributed by atoms with van der Waals surface area (Å²) < 4.78 is 6.01. The van der Waals surface area contributed by atoms with Crippen molar-refractivity contribution in [3.05, 3.63) is 76.2 Å². The zero-order valence-corrected chi connectivity index (χ0v) is 20.9. The lowest BCUT2D eigenvalue weighted by Crippen LogP contribution is -2.36. The molecule has 0 atom stereocenters. The number of aryl methyl sites for hydroxylation is 2. The third-order valence-electron chi connectivity index (χ3n) is 5.79. The third-order valence-corrected chi connectivity index (χ3v) is 6.70. The van der Waals surface area contributed by atoms with E-state index in [1.807, 2.05) is 68.4 Å². The number of ether oxygens (including phenoxy) is 1. The number of carbonyl (C=O) groups is 3. The maximum atomic E-state index is 13.1. The van der Waals surface area contributed by atoms with Crippen molar-refractivity contribution in [3.8, 4) is 5.75 Å². The van der Waals surface area contributed by atoms with Gasteiger partial charge in [0.05, 0.1) is 11.5 Å². The van der Waals surface area contributed by atoms with Gasteiger partial charge in [-0.05, 0) is 66.6 Å². The van der Waals surface area contributed by atoms with Crippen LogP contribution in [0.15, 0.2) is 59.5 Å². The lowest BCUT2D eigenvalue weighted by molar-refractivity contribution is -0.127. The lowest BCUT2D eigenvalue weighted by Gasteiger charge is -2.14. The number of anilines is 1. The molecule has 0 aliphatic carbocycles. The van der Waals surface area contributed by atoms with Crippen molar-refractivity contribution < 1.29 is 19.1 Å². The molecular formula is C28H28N2O4S. The van der Waals surface area contributed by atoms with Gasteiger partial charge in [-0.15, -0.1) is 0 Å². The van der Waals surface area contributed by atoms with Gasteiger partial charge in [0.1, 0.15) is 12.3 Å². The number of hydrogen-bond donors (Lipinski definition) is 1. The molecule has 0 aromatic heterocycles. The molecule has 1 N–H and O–H groups in total. The van der Waals surface area contributed by atoms with Crippen molar-refractivity contribution in [2.24, 2.45) is 0 Å². The summed E-state index contributed by atoms with van der Waals surface area (Å²) in [6.07, 6.45) is 3.63. The third kappa shape index (κ3) is 5.57. The van der Waals surface area contributed by atoms with Crippen LogP contribution in [0.1, 0.15) is 36.5 Å². The van der Waals surface area contributed by atoms with Crippen LogP contribution in [0.2, 0.25) is 0 Å². The minimum Gasteiger partial charge on any atom is -0.493 e. The number of imide groups is 1. The van der Waals surface area contributed by atoms with Crippen LogP contribution >= 0.6 is 11.8 Å². The summed E-state index contributed by atoms with van der Waals surface area (Å²) in [6, 6.07) is 17.4. The van der Waals surface area contributed by atoms with E-state index in [0.717, 1.165) is 57.0 Å². The Morgan fingerprint density at radius 3 is 2.66 bits per heavy atom. The van der Waals surface area contributed by atoms with Gasteiger partial charge in [-0.2, -0.15) is 0 Å². The molecule has 0 unspecified atom stereocenters. The van der Waals surface area contributed by atoms with Crippen LogP contribution in [-0.2, 0) is 9.59 Å². The number of unbranched alkanes of at least 4 members (excludes halogenated alkanes) is 1. The minimum absolute atomic E-state index is 0.269. The molecule has 1 aliphatic rings. The number of amides is 3. The van der Waals surface area contributed by atoms with Gasteiger partial charge in [0.2, 0.25) is 5.91 Å². The van der Waals surface area contributed by atoms with E-state index < -0.39 is 17.1 Å². The van der Waals surface area contributed by atoms with Crippen molar-refractivity contribution in [3.63, 3.8) is 0 Å². The van der Waals surface area contributed by atoms with Crippen LogP contribution in [0.4, 0.5) is 10.5 Å². The first-order chi connectivity index (χ1) is 16.9. The van der Waals surface area contributed by atoms with E-state index in [0.29, 0.717) is 18.0 Å². The van der Waals surface area contributed by atoms with Crippen molar-refractivity contribution in [2.45, 2.75) is 33.6 Å². The van der Waals surface area contributed by atoms with E-state index >= 15 is 0 Å². The van der Waals surface area contributed by atoms with Gasteiger partial charge in [0.25, 0.3) is 11.1 Å². The topological polar surface area (TPSA) is 75.7 Å². The van der Waals surface area contributed by atoms with E-state index in [9.17, 15) is 14.4 Å². The predicted molar refractivity (Wildman–Crippen MR) is 142 cm³/mol. The van der Waals surface area contributed by atoms with Crippen LogP contribution in [0.25, 0.3) is 16.8 Å². The van der Waals surface area contributed by atoms with E-state index in [1.165, 1.54) is 0 Å². The Hall–Kier alpha value is -3.58. The van der Waals surface area contributed by atoms with Crippen molar-refractivity contribution in [1.82, 2.24) is 4.90 Å². The van der Waals surface area contributed by atoms with Gasteiger partial charge < -0.3 is 10.1 Å². The molecule has 1 heterocycles. The largest absolute Gasteiger partial charge is 0.493 e. The van der Waals surface area contributed by atoms with Crippen LogP contribution < -0.4 is 10.1 Å². The molecule has 1 aliphatic heterocycles. The molecule has 7 heteroatoms. The number of benzene rings is 3. The normalized spacial score (nSPS) is 14.7. The lowest BCUT2D eigenvalue weighted by atomic mass is 10.0. The highest BCUT2D eigenvalue weighted by atomic mass is 32.2. The average molecular weight is 489 g/mol. The van der Waals surface area contributed by atoms with Crippen LogP contribution in [-0.4, -0.2) is 35.1 Å². The second-order valence-corrected chi connectivity index (χ2v) is 9.53. The van der Waals surface area contributed by atoms with Crippen LogP contribution in [0, 0.1) is 13.8 Å². The molecule has 0 radical (unpaired) electrons. The van der Waals surface area contributed by atoms with Gasteiger partial charge >= 0.3 is 0 Å². The number of carbonyl (C=O) groups excluding carboxylic acids is 3. The summed E-state index contributed by atoms with van der Waals surface area (Å²) in [5.74, 6) is -0.242. The molecule has 180 valence electrons. The predicted octanol–water partition coefficient (Wildman–Crippen LogP) is 6.31. The summed E-state index contributed by atoms with van der Waals surface area (Å²) in [5, 5.41) is 4.27. The average Bonchev–Trinajstić information content (AvgIpc) is 3.09. The summed E-state index contributed by atoms with van der Waals surface area (Å²) in [6.45, 7) is 6.19. The second-order valence-electron chi connectivity index (χ2n) is 8.53. The number of fused-ring (bicyclic) bond motifs is 1. The number of rotatable bonds is 8. The quantitative estimate of drug-likeness (QED) is 0.297. The Labute approximate surface area is 209 Å². The first-order valence-corrected chi connectivity index (χ1v) is 12.5. The molecule has 35 heavy (non-hydrogen) atoms. The van der Waals surface area contributed by atoms with E-state index in [1.54, 1.807) is 6.08 Å². The Kier molecular flexibility index (Phi) is 7.56. The van der Waals surface area contributed by atoms with E-state index in [2.05, 4.69) is 12.2 Å². The molecule has 0 bridgehead atoms. The number of thioether (sulfide) groups is 1. The van der Waals surface area contributed by atoms with Crippen LogP contribution in [0.5, 0.6) is 5.75 Å². The monoisotopic (exact) mass is 488 g/mol. The fraction of sp³-hybridized carbons (Fsp3) is 0.250. The Bertz CT molecular complexity index is 1330. The van der Waals surface area contributed by atoms with Gasteiger partial charge in [-0.3, -0.25) is 19.3 Å². The van der Waals surface area contributed by atoms with Crippen molar-refractivity contribution in [1.29, 1.82) is 0 Å². The molecular weight excluding hydrogens is 460 g/mol. The van der Waals surface area contributed by atoms with Gasteiger partial charge in [-0.25, -0.2) is 0 Å². The van der Waals surface area contributed by atoms with E-state index in [4.69, 9.17) is 4.74 Å². The molecule has 0 spiro atoms. The fourth-order valence-corrected chi connectivity index (χ4v) is 4.75. The first kappa shape index (κ1) is 24.5. The fourth-order valence-electron chi connectivity index (χ4n) is 3.93. The standard InChI is InChI=1S/C28H28N2O4S/c1-4-5-14-34-24-13-11-20-8-6-7-9-21(20)22(24)16-25-27(32)30(28(33)35-25)17-26(31)29-23-12-10-18(2)15-19(23)3/h6-13,15-16H,4-5,14,17H2,1-3H3,(H,29,31)/b25-16-. The summed E-state index contributed by atoms with van der Waals surface area (Å²) in [4.78, 5) is 39.7. The summed E-state index contributed by atoms with van der Waals surface area (Å²) in [7, 11) is 0. The zero-order chi connectivity index (χ0) is 24.9. The minimum atomic E-state index is -0.483. The molecule has 4 rings (SSSR count). The Morgan fingerprint density at radius 1 is 1.09 bits per heavy atom. The summed E-state index contributed by atoms with van der Waals surface area (Å²) in [5.41, 5.74) is 3.42. The number of nitrogens with zero attached hydrogens (tertiary/aromatic N) is 1. The van der Waals surface area contributed by atoms with Crippen LogP contribution in [0.3, 0.4) is 0 Å². The van der Waals surface area contributed by atoms with Gasteiger partial charge in [0.15, 0.2) is 0 Å². The highest BCUT2D eigenvalue weighted by molar-refractivity contribution is 8.18. The molecule has 6 nitrogen and oxygen atoms in total. The number of nitrogens with one attached hydrogen (secondary N) is 1. The molecule has 0 saturated carbocycles. The molecule has 1 fully saturated rings. The summed E-state index contributed by atoms with van der Waals surface area (Å²) >= 11 is 0.839. The SMILES string of the molecule is CCCCOc1ccc2ccccc2c1/C=C1\SC(=O)N(CC(=O)Nc2ccc(C)cc2C)C1=O. The Morgan fingerprint density at radius 2 is 1.89 bits per heavy atom. The maximum Gasteiger partial charge on any atom is 0.294 e. The highest BCUT2D eigenvalue weighted by Gasteiger charge is 2.36. The molecule has 3 aromatic rings. The first-order valence-electron chi connectivity index (χ1n) is 11.6. The maximum absolute atomic E-state index is 13.1. The van der Waals surface area contributed by atoms with Crippen molar-refractivity contribution >= 4 is 51.4 Å². The van der Waals surface area contributed by atoms with Gasteiger partial charge in [0, 0.05) is 11.3 Å². The van der Waals surface area contributed by atoms with Gasteiger partial charge in [-0.1, -0.05) is 61.4 Å². The van der Waals surface area contributed by atoms with E-state index in [-0.39, 0.29) is 11.4 Å². The highest BCUT2D eigenvalue weighted by Crippen LogP contribution is 2.37.